The lowest BCUT2D eigenvalue weighted by Gasteiger charge is -2.50. The lowest BCUT2D eigenvalue weighted by Crippen LogP contribution is -2.42. The maximum Gasteiger partial charge on any atom is 0.197 e. The van der Waals surface area contributed by atoms with Crippen LogP contribution in [0.2, 0.25) is 0 Å². The summed E-state index contributed by atoms with van der Waals surface area (Å²) < 4.78 is 2.41. The number of Topliss-reactive ketones (excluding diaryl/α,β-unsaturated/α-hetero) is 2. The van der Waals surface area contributed by atoms with Gasteiger partial charge in [-0.15, -0.1) is 0 Å². The fourth-order valence-corrected chi connectivity index (χ4v) is 10.5. The molecule has 1 heterocycles. The zero-order chi connectivity index (χ0) is 33.7. The number of aromatic nitrogens is 1. The topological polar surface area (TPSA) is 39.1 Å². The van der Waals surface area contributed by atoms with Crippen LogP contribution >= 0.6 is 0 Å². The van der Waals surface area contributed by atoms with Gasteiger partial charge < -0.3 is 4.57 Å². The number of fused-ring (bicyclic) bond motifs is 9. The van der Waals surface area contributed by atoms with Crippen molar-refractivity contribution in [3.05, 3.63) is 143 Å². The van der Waals surface area contributed by atoms with Crippen molar-refractivity contribution in [3.63, 3.8) is 0 Å². The first-order chi connectivity index (χ1) is 24.3. The Balaban J connectivity index is 1.05. The highest BCUT2D eigenvalue weighted by molar-refractivity contribution is 6.42. The normalized spacial score (nSPS) is 23.3. The van der Waals surface area contributed by atoms with Crippen molar-refractivity contribution in [2.45, 2.75) is 51.4 Å². The maximum absolute atomic E-state index is 13.5. The zero-order valence-electron chi connectivity index (χ0n) is 28.6. The number of allylic oxidation sites excluding steroid dienone is 1. The number of carbonyl (C=O) groups is 2. The monoisotopic (exact) mass is 649 g/mol. The Morgan fingerprint density at radius 2 is 1.28 bits per heavy atom. The molecule has 2 unspecified atom stereocenters. The van der Waals surface area contributed by atoms with Gasteiger partial charge in [0.15, 0.2) is 11.6 Å². The number of ketones is 2. The highest BCUT2D eigenvalue weighted by Gasteiger charge is 2.45. The average molecular weight is 650 g/mol. The standard InChI is InChI=1S/C47H39NO2/c1-28-19-31-20-29(2)26-47(25-28,27-31)35-13-15-36(16-14-35)48-42-10-6-5-9-38(42)44-37-17-11-30(21-34(37)12-18-43(44)48)22-41-45(49)39-23-32-7-3-4-8-33(32)24-40(39)46(41)50/h3-18,21-24,28-29,31H,19-20,25-27H2,1-2H3. The van der Waals surface area contributed by atoms with Gasteiger partial charge in [-0.2, -0.15) is 0 Å². The molecule has 0 N–H and O–H groups in total. The van der Waals surface area contributed by atoms with Gasteiger partial charge in [-0.25, -0.2) is 0 Å². The molecule has 3 aliphatic rings. The second-order valence-corrected chi connectivity index (χ2v) is 15.7. The van der Waals surface area contributed by atoms with E-state index >= 15 is 0 Å². The lowest BCUT2D eigenvalue weighted by atomic mass is 9.54. The number of hydrogen-bond donors (Lipinski definition) is 0. The first kappa shape index (κ1) is 29.6. The van der Waals surface area contributed by atoms with Crippen molar-refractivity contribution in [1.82, 2.24) is 4.57 Å². The number of hydrogen-bond acceptors (Lipinski definition) is 2. The largest absolute Gasteiger partial charge is 0.309 e. The Hall–Kier alpha value is -5.28. The third-order valence-corrected chi connectivity index (χ3v) is 12.2. The van der Waals surface area contributed by atoms with Gasteiger partial charge in [0.1, 0.15) is 0 Å². The van der Waals surface area contributed by atoms with E-state index < -0.39 is 0 Å². The molecule has 6 aromatic carbocycles. The first-order valence-corrected chi connectivity index (χ1v) is 18.3. The minimum atomic E-state index is -0.198. The summed E-state index contributed by atoms with van der Waals surface area (Å²) in [6.07, 6.45) is 8.50. The van der Waals surface area contributed by atoms with E-state index in [1.807, 2.05) is 42.5 Å². The van der Waals surface area contributed by atoms with Crippen LogP contribution in [0.4, 0.5) is 0 Å². The smallest absolute Gasteiger partial charge is 0.197 e. The van der Waals surface area contributed by atoms with Gasteiger partial charge in [-0.05, 0) is 136 Å². The molecule has 50 heavy (non-hydrogen) atoms. The van der Waals surface area contributed by atoms with Crippen LogP contribution in [0.15, 0.2) is 121 Å². The van der Waals surface area contributed by atoms with Crippen molar-refractivity contribution >= 4 is 61.0 Å². The van der Waals surface area contributed by atoms with Crippen LogP contribution in [0, 0.1) is 17.8 Å². The third-order valence-electron chi connectivity index (χ3n) is 12.2. The first-order valence-electron chi connectivity index (χ1n) is 18.3. The molecule has 0 aliphatic heterocycles. The van der Waals surface area contributed by atoms with E-state index in [0.717, 1.165) is 44.9 Å². The summed E-state index contributed by atoms with van der Waals surface area (Å²) in [5, 5.41) is 6.61. The second kappa shape index (κ2) is 10.9. The van der Waals surface area contributed by atoms with E-state index in [0.29, 0.717) is 16.5 Å². The molecule has 244 valence electrons. The summed E-state index contributed by atoms with van der Waals surface area (Å²) in [4.78, 5) is 27.0. The van der Waals surface area contributed by atoms with E-state index in [1.165, 1.54) is 65.2 Å². The van der Waals surface area contributed by atoms with Gasteiger partial charge in [0.2, 0.25) is 0 Å². The number of para-hydroxylation sites is 1. The van der Waals surface area contributed by atoms with Gasteiger partial charge in [0.05, 0.1) is 16.6 Å². The van der Waals surface area contributed by atoms with Crippen molar-refractivity contribution < 1.29 is 9.59 Å². The molecule has 3 nitrogen and oxygen atoms in total. The summed E-state index contributed by atoms with van der Waals surface area (Å²) in [7, 11) is 0. The molecule has 3 heteroatoms. The Bertz CT molecular complexity index is 2530. The molecule has 0 spiro atoms. The van der Waals surface area contributed by atoms with Crippen LogP contribution in [0.3, 0.4) is 0 Å². The lowest BCUT2D eigenvalue weighted by molar-refractivity contribution is 0.0780. The molecule has 10 rings (SSSR count). The van der Waals surface area contributed by atoms with E-state index in [2.05, 4.69) is 91.2 Å². The molecular formula is C47H39NO2. The molecule has 3 aliphatic carbocycles. The molecule has 1 aromatic heterocycles. The number of carbonyl (C=O) groups excluding carboxylic acids is 2. The Morgan fingerprint density at radius 1 is 0.620 bits per heavy atom. The fourth-order valence-electron chi connectivity index (χ4n) is 10.5. The Labute approximate surface area is 292 Å². The molecule has 0 radical (unpaired) electrons. The van der Waals surface area contributed by atoms with E-state index in [1.54, 1.807) is 6.08 Å². The number of rotatable bonds is 3. The Kier molecular flexibility index (Phi) is 6.43. The van der Waals surface area contributed by atoms with Gasteiger partial charge in [0, 0.05) is 27.6 Å². The predicted molar refractivity (Wildman–Crippen MR) is 205 cm³/mol. The van der Waals surface area contributed by atoms with Crippen molar-refractivity contribution in [2.24, 2.45) is 17.8 Å². The summed E-state index contributed by atoms with van der Waals surface area (Å²) in [5.41, 5.74) is 7.46. The molecular weight excluding hydrogens is 611 g/mol. The summed E-state index contributed by atoms with van der Waals surface area (Å²) in [5.74, 6) is 2.05. The summed E-state index contributed by atoms with van der Waals surface area (Å²) in [6.45, 7) is 4.92. The fraction of sp³-hybridized carbons (Fsp3) is 0.234. The molecule has 0 saturated heterocycles. The molecule has 2 fully saturated rings. The minimum absolute atomic E-state index is 0.198. The highest BCUT2D eigenvalue weighted by Crippen LogP contribution is 2.54. The van der Waals surface area contributed by atoms with Crippen LogP contribution in [0.5, 0.6) is 0 Å². The molecule has 2 atom stereocenters. The van der Waals surface area contributed by atoms with Crippen molar-refractivity contribution in [2.75, 3.05) is 0 Å². The van der Waals surface area contributed by atoms with E-state index in [9.17, 15) is 9.59 Å². The second-order valence-electron chi connectivity index (χ2n) is 15.7. The number of nitrogens with zero attached hydrogens (tertiary/aromatic N) is 1. The molecule has 2 saturated carbocycles. The third kappa shape index (κ3) is 4.42. The molecule has 7 aromatic rings. The van der Waals surface area contributed by atoms with Gasteiger partial charge in [-0.1, -0.05) is 86.6 Å². The zero-order valence-corrected chi connectivity index (χ0v) is 28.6. The van der Waals surface area contributed by atoms with Crippen molar-refractivity contribution in [3.8, 4) is 5.69 Å². The van der Waals surface area contributed by atoms with Gasteiger partial charge in [-0.3, -0.25) is 9.59 Å². The van der Waals surface area contributed by atoms with Crippen LogP contribution in [0.25, 0.3) is 55.1 Å². The van der Waals surface area contributed by atoms with Crippen molar-refractivity contribution in [1.29, 1.82) is 0 Å². The van der Waals surface area contributed by atoms with Gasteiger partial charge in [0.25, 0.3) is 0 Å². The molecule has 2 bridgehead atoms. The number of benzene rings is 6. The van der Waals surface area contributed by atoms with E-state index in [4.69, 9.17) is 0 Å². The summed E-state index contributed by atoms with van der Waals surface area (Å²) in [6, 6.07) is 40.5. The van der Waals surface area contributed by atoms with Crippen LogP contribution in [-0.2, 0) is 5.41 Å². The average Bonchev–Trinajstić information content (AvgIpc) is 3.57. The van der Waals surface area contributed by atoms with Gasteiger partial charge >= 0.3 is 0 Å². The molecule has 0 amide bonds. The quantitative estimate of drug-likeness (QED) is 0.141. The predicted octanol–water partition coefficient (Wildman–Crippen LogP) is 11.7. The van der Waals surface area contributed by atoms with Crippen LogP contribution < -0.4 is 0 Å². The van der Waals surface area contributed by atoms with E-state index in [-0.39, 0.29) is 17.1 Å². The van der Waals surface area contributed by atoms with Crippen LogP contribution in [-0.4, -0.2) is 16.1 Å². The summed E-state index contributed by atoms with van der Waals surface area (Å²) >= 11 is 0. The maximum atomic E-state index is 13.5. The van der Waals surface area contributed by atoms with Crippen LogP contribution in [0.1, 0.15) is 77.8 Å². The minimum Gasteiger partial charge on any atom is -0.309 e. The SMILES string of the molecule is CC1CC2CC(C)CC(c3ccc(-n4c5ccccc5c5c6ccc(C=C7C(=O)c8cc9ccccc9cc8C7=O)cc6ccc54)cc3)(C1)C2. The highest BCUT2D eigenvalue weighted by atomic mass is 16.2. The Morgan fingerprint density at radius 3 is 1.98 bits per heavy atom.